The second kappa shape index (κ2) is 10.9. The van der Waals surface area contributed by atoms with Crippen molar-refractivity contribution in [2.45, 2.75) is 38.6 Å². The highest BCUT2D eigenvalue weighted by molar-refractivity contribution is 5.89. The molecule has 1 aromatic carbocycles. The number of carbonyl (C=O) groups is 1. The molecule has 0 aliphatic carbocycles. The van der Waals surface area contributed by atoms with Gasteiger partial charge in [0.15, 0.2) is 0 Å². The van der Waals surface area contributed by atoms with Gasteiger partial charge in [0.1, 0.15) is 12.4 Å². The number of amides is 2. The summed E-state index contributed by atoms with van der Waals surface area (Å²) in [5.41, 5.74) is 0.718. The number of rotatable bonds is 8. The van der Waals surface area contributed by atoms with E-state index in [4.69, 9.17) is 9.47 Å². The summed E-state index contributed by atoms with van der Waals surface area (Å²) in [7, 11) is 0. The first-order valence-corrected chi connectivity index (χ1v) is 8.87. The lowest BCUT2D eigenvalue weighted by molar-refractivity contribution is 0.110. The van der Waals surface area contributed by atoms with Crippen LogP contribution < -0.4 is 20.7 Å². The van der Waals surface area contributed by atoms with Crippen molar-refractivity contribution in [3.8, 4) is 5.75 Å². The molecule has 0 radical (unpaired) electrons. The summed E-state index contributed by atoms with van der Waals surface area (Å²) in [5, 5.41) is 9.25. The minimum absolute atomic E-state index is 0.187. The lowest BCUT2D eigenvalue weighted by Gasteiger charge is -2.17. The zero-order valence-corrected chi connectivity index (χ0v) is 14.5. The molecule has 6 nitrogen and oxygen atoms in total. The number of anilines is 1. The van der Waals surface area contributed by atoms with Crippen molar-refractivity contribution in [2.24, 2.45) is 0 Å². The van der Waals surface area contributed by atoms with Gasteiger partial charge >= 0.3 is 6.03 Å². The van der Waals surface area contributed by atoms with Gasteiger partial charge in [-0.25, -0.2) is 4.79 Å². The Bertz CT molecular complexity index is 488. The number of hydrogen-bond acceptors (Lipinski definition) is 4. The quantitative estimate of drug-likeness (QED) is 0.639. The molecular weight excluding hydrogens is 306 g/mol. The number of nitrogens with one attached hydrogen (secondary N) is 3. The number of carbonyl (C=O) groups excluding carboxylic acids is 1. The zero-order chi connectivity index (χ0) is 17.0. The van der Waals surface area contributed by atoms with Gasteiger partial charge in [-0.3, -0.25) is 0 Å². The SMILES string of the molecule is CCOCCOc1cccc(NC(=O)NC[C@H]2CCCCCN2)c1. The Kier molecular flexibility index (Phi) is 8.41. The maximum atomic E-state index is 12.0. The largest absolute Gasteiger partial charge is 0.491 e. The molecule has 2 rings (SSSR count). The highest BCUT2D eigenvalue weighted by atomic mass is 16.5. The Morgan fingerprint density at radius 1 is 1.29 bits per heavy atom. The summed E-state index contributed by atoms with van der Waals surface area (Å²) in [5.74, 6) is 0.720. The normalized spacial score (nSPS) is 17.8. The van der Waals surface area contributed by atoms with Crippen LogP contribution in [-0.2, 0) is 4.74 Å². The third-order valence-corrected chi connectivity index (χ3v) is 3.96. The van der Waals surface area contributed by atoms with Crippen LogP contribution in [0.1, 0.15) is 32.6 Å². The van der Waals surface area contributed by atoms with Gasteiger partial charge in [0.2, 0.25) is 0 Å². The van der Waals surface area contributed by atoms with E-state index in [1.54, 1.807) is 0 Å². The van der Waals surface area contributed by atoms with Crippen LogP contribution in [0.25, 0.3) is 0 Å². The molecule has 1 saturated heterocycles. The van der Waals surface area contributed by atoms with Crippen LogP contribution in [0.2, 0.25) is 0 Å². The van der Waals surface area contributed by atoms with E-state index in [0.29, 0.717) is 32.4 Å². The molecule has 24 heavy (non-hydrogen) atoms. The highest BCUT2D eigenvalue weighted by Gasteiger charge is 2.12. The van der Waals surface area contributed by atoms with Gasteiger partial charge in [-0.15, -0.1) is 0 Å². The van der Waals surface area contributed by atoms with Gasteiger partial charge in [0.05, 0.1) is 6.61 Å². The lowest BCUT2D eigenvalue weighted by atomic mass is 10.1. The second-order valence-corrected chi connectivity index (χ2v) is 5.91. The van der Waals surface area contributed by atoms with Gasteiger partial charge in [-0.05, 0) is 38.4 Å². The van der Waals surface area contributed by atoms with Crippen molar-refractivity contribution in [1.29, 1.82) is 0 Å². The summed E-state index contributed by atoms with van der Waals surface area (Å²) in [6.45, 7) is 5.38. The van der Waals surface area contributed by atoms with Gasteiger partial charge in [-0.1, -0.05) is 18.9 Å². The first-order valence-electron chi connectivity index (χ1n) is 8.87. The molecule has 1 heterocycles. The van der Waals surface area contributed by atoms with E-state index in [1.807, 2.05) is 31.2 Å². The van der Waals surface area contributed by atoms with Crippen LogP contribution in [0.4, 0.5) is 10.5 Å². The molecule has 6 heteroatoms. The van der Waals surface area contributed by atoms with Crippen molar-refractivity contribution in [3.63, 3.8) is 0 Å². The van der Waals surface area contributed by atoms with Crippen LogP contribution in [-0.4, -0.2) is 45.0 Å². The van der Waals surface area contributed by atoms with E-state index in [-0.39, 0.29) is 6.03 Å². The molecule has 0 unspecified atom stereocenters. The monoisotopic (exact) mass is 335 g/mol. The van der Waals surface area contributed by atoms with Crippen molar-refractivity contribution in [2.75, 3.05) is 38.2 Å². The van der Waals surface area contributed by atoms with E-state index in [0.717, 1.165) is 24.4 Å². The molecule has 0 spiro atoms. The molecule has 2 amide bonds. The van der Waals surface area contributed by atoms with Crippen LogP contribution in [0, 0.1) is 0 Å². The van der Waals surface area contributed by atoms with Crippen molar-refractivity contribution in [1.82, 2.24) is 10.6 Å². The summed E-state index contributed by atoms with van der Waals surface area (Å²) in [4.78, 5) is 12.0. The van der Waals surface area contributed by atoms with E-state index >= 15 is 0 Å². The third kappa shape index (κ3) is 7.19. The standard InChI is InChI=1S/C18H29N3O3/c1-2-23-11-12-24-17-9-6-8-15(13-17)21-18(22)20-14-16-7-4-3-5-10-19-16/h6,8-9,13,16,19H,2-5,7,10-12,14H2,1H3,(H2,20,21,22)/t16-/m1/s1. The predicted octanol–water partition coefficient (Wildman–Crippen LogP) is 2.76. The van der Waals surface area contributed by atoms with Crippen LogP contribution in [0.3, 0.4) is 0 Å². The maximum absolute atomic E-state index is 12.0. The van der Waals surface area contributed by atoms with Crippen molar-refractivity contribution in [3.05, 3.63) is 24.3 Å². The fraction of sp³-hybridized carbons (Fsp3) is 0.611. The van der Waals surface area contributed by atoms with Gasteiger partial charge in [0, 0.05) is 30.9 Å². The van der Waals surface area contributed by atoms with Crippen LogP contribution >= 0.6 is 0 Å². The van der Waals surface area contributed by atoms with E-state index in [9.17, 15) is 4.79 Å². The fourth-order valence-electron chi connectivity index (χ4n) is 2.69. The van der Waals surface area contributed by atoms with E-state index in [1.165, 1.54) is 19.3 Å². The summed E-state index contributed by atoms with van der Waals surface area (Å²) in [6.07, 6.45) is 4.83. The summed E-state index contributed by atoms with van der Waals surface area (Å²) >= 11 is 0. The lowest BCUT2D eigenvalue weighted by Crippen LogP contribution is -2.41. The summed E-state index contributed by atoms with van der Waals surface area (Å²) in [6, 6.07) is 7.57. The Hall–Kier alpha value is -1.79. The topological polar surface area (TPSA) is 71.6 Å². The summed E-state index contributed by atoms with van der Waals surface area (Å²) < 4.78 is 10.8. The van der Waals surface area contributed by atoms with E-state index < -0.39 is 0 Å². The number of benzene rings is 1. The van der Waals surface area contributed by atoms with Gasteiger partial charge in [0.25, 0.3) is 0 Å². The van der Waals surface area contributed by atoms with Gasteiger partial charge < -0.3 is 25.4 Å². The molecule has 1 atom stereocenters. The minimum Gasteiger partial charge on any atom is -0.491 e. The van der Waals surface area contributed by atoms with Gasteiger partial charge in [-0.2, -0.15) is 0 Å². The molecule has 1 aliphatic heterocycles. The number of hydrogen-bond donors (Lipinski definition) is 3. The highest BCUT2D eigenvalue weighted by Crippen LogP contribution is 2.17. The Balaban J connectivity index is 1.72. The number of urea groups is 1. The molecule has 1 aromatic rings. The molecule has 0 bridgehead atoms. The molecular formula is C18H29N3O3. The molecule has 1 fully saturated rings. The molecule has 0 aromatic heterocycles. The molecule has 134 valence electrons. The number of ether oxygens (including phenoxy) is 2. The maximum Gasteiger partial charge on any atom is 0.319 e. The van der Waals surface area contributed by atoms with Crippen molar-refractivity contribution < 1.29 is 14.3 Å². The Morgan fingerprint density at radius 2 is 2.21 bits per heavy atom. The Morgan fingerprint density at radius 3 is 3.08 bits per heavy atom. The zero-order valence-electron chi connectivity index (χ0n) is 14.5. The fourth-order valence-corrected chi connectivity index (χ4v) is 2.69. The first-order chi connectivity index (χ1) is 11.8. The predicted molar refractivity (Wildman–Crippen MR) is 95.7 cm³/mol. The molecule has 3 N–H and O–H groups in total. The van der Waals surface area contributed by atoms with Crippen LogP contribution in [0.15, 0.2) is 24.3 Å². The second-order valence-electron chi connectivity index (χ2n) is 5.91. The smallest absolute Gasteiger partial charge is 0.319 e. The van der Waals surface area contributed by atoms with Crippen LogP contribution in [0.5, 0.6) is 5.75 Å². The average Bonchev–Trinajstić information content (AvgIpc) is 2.86. The molecule has 1 aliphatic rings. The Labute approximate surface area is 144 Å². The van der Waals surface area contributed by atoms with Crippen molar-refractivity contribution >= 4 is 11.7 Å². The molecule has 0 saturated carbocycles. The van der Waals surface area contributed by atoms with E-state index in [2.05, 4.69) is 16.0 Å². The third-order valence-electron chi connectivity index (χ3n) is 3.96. The average molecular weight is 335 g/mol. The first kappa shape index (κ1) is 18.5. The minimum atomic E-state index is -0.187.